The highest BCUT2D eigenvalue weighted by atomic mass is 35.5. The van der Waals surface area contributed by atoms with Gasteiger partial charge >= 0.3 is 0 Å². The fraction of sp³-hybridized carbons (Fsp3) is 0.762. The normalized spacial score (nSPS) is 27.3. The molecule has 4 nitrogen and oxygen atoms in total. The molecule has 8 heteroatoms. The molecule has 164 valence electrons. The number of ether oxygens (including phenoxy) is 1. The quantitative estimate of drug-likeness (QED) is 0.665. The van der Waals surface area contributed by atoms with Crippen LogP contribution < -0.4 is 10.6 Å². The van der Waals surface area contributed by atoms with Crippen LogP contribution in [0.2, 0.25) is 0 Å². The first kappa shape index (κ1) is 22.9. The third kappa shape index (κ3) is 5.90. The van der Waals surface area contributed by atoms with Crippen molar-refractivity contribution in [1.82, 2.24) is 10.6 Å². The molecule has 0 radical (unpaired) electrons. The lowest BCUT2D eigenvalue weighted by molar-refractivity contribution is -0.0399. The van der Waals surface area contributed by atoms with E-state index in [-0.39, 0.29) is 37.2 Å². The Hall–Kier alpha value is -0.760. The minimum atomic E-state index is -2.56. The van der Waals surface area contributed by atoms with Crippen LogP contribution in [-0.2, 0) is 4.74 Å². The monoisotopic (exact) mass is 448 g/mol. The topological polar surface area (TPSA) is 50.4 Å². The van der Waals surface area contributed by atoms with Crippen molar-refractivity contribution in [3.05, 3.63) is 21.4 Å². The van der Waals surface area contributed by atoms with Crippen molar-refractivity contribution in [3.63, 3.8) is 0 Å². The second-order valence-corrected chi connectivity index (χ2v) is 9.89. The van der Waals surface area contributed by atoms with E-state index in [4.69, 9.17) is 4.74 Å². The maximum atomic E-state index is 13.3. The van der Waals surface area contributed by atoms with Crippen LogP contribution in [0.3, 0.4) is 0 Å². The molecule has 2 aliphatic carbocycles. The average molecular weight is 449 g/mol. The number of aryl methyl sites for hydroxylation is 1. The molecule has 2 heterocycles. The highest BCUT2D eigenvalue weighted by molar-refractivity contribution is 7.14. The zero-order valence-corrected chi connectivity index (χ0v) is 18.5. The summed E-state index contributed by atoms with van der Waals surface area (Å²) in [6.07, 6.45) is 3.86. The molecule has 0 aromatic carbocycles. The molecule has 1 aromatic heterocycles. The van der Waals surface area contributed by atoms with Crippen molar-refractivity contribution in [2.45, 2.75) is 75.8 Å². The van der Waals surface area contributed by atoms with Gasteiger partial charge in [-0.3, -0.25) is 4.79 Å². The van der Waals surface area contributed by atoms with Crippen LogP contribution in [0.1, 0.15) is 71.0 Å². The number of hydrogen-bond acceptors (Lipinski definition) is 4. The van der Waals surface area contributed by atoms with E-state index in [2.05, 4.69) is 17.6 Å². The van der Waals surface area contributed by atoms with Gasteiger partial charge in [0, 0.05) is 48.9 Å². The van der Waals surface area contributed by atoms with Crippen LogP contribution in [0.25, 0.3) is 0 Å². The van der Waals surface area contributed by atoms with Crippen LogP contribution >= 0.6 is 23.7 Å². The maximum absolute atomic E-state index is 13.3. The number of thiophene rings is 1. The standard InChI is InChI=1S/C21H30F2N2O2S.ClH/c1-13-16(17-10-18(17)24-12-14-4-8-27-9-5-14)11-19(28-13)20(26)25-15-2-6-21(22,23)7-3-15;/h11,14-15,17-18,24H,2-10,12H2,1H3,(H,25,26);1H/t17-,18+;/m0./s1. The largest absolute Gasteiger partial charge is 0.381 e. The lowest BCUT2D eigenvalue weighted by Gasteiger charge is -2.28. The average Bonchev–Trinajstić information content (AvgIpc) is 3.35. The molecular formula is C21H31ClF2N2O2S. The molecule has 1 amide bonds. The van der Waals surface area contributed by atoms with Gasteiger partial charge in [-0.1, -0.05) is 0 Å². The van der Waals surface area contributed by atoms with Crippen molar-refractivity contribution >= 4 is 29.7 Å². The molecule has 4 rings (SSSR count). The minimum absolute atomic E-state index is 0. The van der Waals surface area contributed by atoms with Crippen molar-refractivity contribution in [1.29, 1.82) is 0 Å². The molecule has 2 saturated carbocycles. The van der Waals surface area contributed by atoms with Crippen LogP contribution in [0.4, 0.5) is 8.78 Å². The second kappa shape index (κ2) is 9.58. The Kier molecular flexibility index (Phi) is 7.57. The van der Waals surface area contributed by atoms with Gasteiger partial charge in [0.1, 0.15) is 0 Å². The number of hydrogen-bond donors (Lipinski definition) is 2. The number of carbonyl (C=O) groups excluding carboxylic acids is 1. The molecule has 3 aliphatic rings. The van der Waals surface area contributed by atoms with Gasteiger partial charge in [-0.25, -0.2) is 8.78 Å². The van der Waals surface area contributed by atoms with Crippen molar-refractivity contribution in [3.8, 4) is 0 Å². The van der Waals surface area contributed by atoms with Gasteiger partial charge in [0.25, 0.3) is 5.91 Å². The smallest absolute Gasteiger partial charge is 0.261 e. The van der Waals surface area contributed by atoms with Gasteiger partial charge in [-0.05, 0) is 63.1 Å². The van der Waals surface area contributed by atoms with E-state index in [9.17, 15) is 13.6 Å². The van der Waals surface area contributed by atoms with E-state index >= 15 is 0 Å². The molecule has 29 heavy (non-hydrogen) atoms. The number of carbonyl (C=O) groups is 1. The highest BCUT2D eigenvalue weighted by Crippen LogP contribution is 2.45. The van der Waals surface area contributed by atoms with Crippen LogP contribution in [0.15, 0.2) is 6.07 Å². The Bertz CT molecular complexity index is 699. The van der Waals surface area contributed by atoms with Gasteiger partial charge < -0.3 is 15.4 Å². The lowest BCUT2D eigenvalue weighted by atomic mass is 9.92. The first-order valence-corrected chi connectivity index (χ1v) is 11.3. The van der Waals surface area contributed by atoms with E-state index in [0.29, 0.717) is 35.6 Å². The molecule has 1 aromatic rings. The number of halogens is 3. The third-order valence-electron chi connectivity index (χ3n) is 6.43. The van der Waals surface area contributed by atoms with E-state index in [0.717, 1.165) is 39.0 Å². The molecule has 2 atom stereocenters. The summed E-state index contributed by atoms with van der Waals surface area (Å²) in [7, 11) is 0. The molecule has 0 bridgehead atoms. The van der Waals surface area contributed by atoms with E-state index < -0.39 is 5.92 Å². The Morgan fingerprint density at radius 1 is 1.24 bits per heavy atom. The molecule has 0 unspecified atom stereocenters. The summed E-state index contributed by atoms with van der Waals surface area (Å²) in [5.41, 5.74) is 1.27. The fourth-order valence-electron chi connectivity index (χ4n) is 4.45. The summed E-state index contributed by atoms with van der Waals surface area (Å²) in [4.78, 5) is 14.5. The number of rotatable bonds is 6. The predicted octanol–water partition coefficient (Wildman–Crippen LogP) is 4.66. The van der Waals surface area contributed by atoms with E-state index in [1.54, 1.807) is 0 Å². The molecule has 3 fully saturated rings. The summed E-state index contributed by atoms with van der Waals surface area (Å²) in [5.74, 6) is -1.47. The predicted molar refractivity (Wildman–Crippen MR) is 114 cm³/mol. The van der Waals surface area contributed by atoms with Crippen molar-refractivity contribution in [2.24, 2.45) is 5.92 Å². The Morgan fingerprint density at radius 3 is 2.62 bits per heavy atom. The van der Waals surface area contributed by atoms with Crippen LogP contribution in [0, 0.1) is 12.8 Å². The first-order chi connectivity index (χ1) is 13.4. The van der Waals surface area contributed by atoms with E-state index in [1.165, 1.54) is 21.8 Å². The van der Waals surface area contributed by atoms with E-state index in [1.807, 2.05) is 6.07 Å². The van der Waals surface area contributed by atoms with Gasteiger partial charge in [0.15, 0.2) is 0 Å². The zero-order chi connectivity index (χ0) is 19.7. The second-order valence-electron chi connectivity index (χ2n) is 8.64. The summed E-state index contributed by atoms with van der Waals surface area (Å²) in [5, 5.41) is 6.65. The van der Waals surface area contributed by atoms with Gasteiger partial charge in [-0.2, -0.15) is 0 Å². The first-order valence-electron chi connectivity index (χ1n) is 10.5. The van der Waals surface area contributed by atoms with Gasteiger partial charge in [0.2, 0.25) is 5.92 Å². The summed E-state index contributed by atoms with van der Waals surface area (Å²) in [6.45, 7) is 4.88. The number of nitrogens with one attached hydrogen (secondary N) is 2. The molecule has 2 N–H and O–H groups in total. The molecular weight excluding hydrogens is 418 g/mol. The number of amides is 1. The summed E-state index contributed by atoms with van der Waals surface area (Å²) >= 11 is 1.52. The summed E-state index contributed by atoms with van der Waals surface area (Å²) < 4.78 is 32.0. The SMILES string of the molecule is Cc1sc(C(=O)NC2CCC(F)(F)CC2)cc1[C@@H]1C[C@H]1NCC1CCOCC1.Cl. The Labute approximate surface area is 181 Å². The third-order valence-corrected chi connectivity index (χ3v) is 7.50. The van der Waals surface area contributed by atoms with Crippen LogP contribution in [-0.4, -0.2) is 43.7 Å². The Balaban J connectivity index is 0.00000240. The molecule has 1 aliphatic heterocycles. The fourth-order valence-corrected chi connectivity index (χ4v) is 5.45. The van der Waals surface area contributed by atoms with Gasteiger partial charge in [-0.15, -0.1) is 23.7 Å². The summed E-state index contributed by atoms with van der Waals surface area (Å²) in [6, 6.07) is 2.40. The highest BCUT2D eigenvalue weighted by Gasteiger charge is 2.40. The van der Waals surface area contributed by atoms with Gasteiger partial charge in [0.05, 0.1) is 4.88 Å². The van der Waals surface area contributed by atoms with Crippen LogP contribution in [0.5, 0.6) is 0 Å². The maximum Gasteiger partial charge on any atom is 0.261 e. The zero-order valence-electron chi connectivity index (χ0n) is 16.8. The lowest BCUT2D eigenvalue weighted by Crippen LogP contribution is -2.40. The number of alkyl halides is 2. The van der Waals surface area contributed by atoms with Crippen molar-refractivity contribution < 1.29 is 18.3 Å². The molecule has 0 spiro atoms. The molecule has 1 saturated heterocycles. The Morgan fingerprint density at radius 2 is 1.93 bits per heavy atom. The van der Waals surface area contributed by atoms with Crippen molar-refractivity contribution in [2.75, 3.05) is 19.8 Å². The minimum Gasteiger partial charge on any atom is -0.381 e.